The molecule has 0 spiro atoms. The summed E-state index contributed by atoms with van der Waals surface area (Å²) in [5.41, 5.74) is 8.61. The number of nitrogens with two attached hydrogens (primary N) is 1. The molecule has 2 amide bonds. The van der Waals surface area contributed by atoms with Crippen LogP contribution in [0.4, 0.5) is 16.0 Å². The number of aryl methyl sites for hydroxylation is 1. The van der Waals surface area contributed by atoms with Crippen LogP contribution in [0.3, 0.4) is 0 Å². The van der Waals surface area contributed by atoms with E-state index in [1.54, 1.807) is 61.1 Å². The fraction of sp³-hybridized carbons (Fsp3) is 0.242. The monoisotopic (exact) mass is 622 g/mol. The van der Waals surface area contributed by atoms with Crippen molar-refractivity contribution in [1.29, 1.82) is 0 Å². The topological polar surface area (TPSA) is 178 Å². The number of amides is 2. The zero-order valence-electron chi connectivity index (χ0n) is 25.1. The standard InChI is InChI=1S/C33H31FN8O4/c1-3-23(31(44)45)37-24(43)15-12-18-10-13-20(14-11-18)33(2)25-27(35)38-29(39-28(25)40-32(33)46)26-21-8-6-16-36-30(21)42(41-26)17-19-7-4-5-9-22(19)34/h4-11,13-14,16,23H,3,12,15,17H2,1-2H3,(H,37,43)(H,44,45)(H3,35,38,39,40,46)/t23?,33-/m0/s1. The van der Waals surface area contributed by atoms with Crippen molar-refractivity contribution in [2.75, 3.05) is 11.1 Å². The maximum atomic E-state index is 14.5. The molecule has 1 unspecified atom stereocenters. The average Bonchev–Trinajstić information content (AvgIpc) is 3.54. The average molecular weight is 623 g/mol. The van der Waals surface area contributed by atoms with Crippen LogP contribution in [0.25, 0.3) is 22.6 Å². The molecule has 2 aromatic carbocycles. The van der Waals surface area contributed by atoms with Gasteiger partial charge in [0.05, 0.1) is 17.5 Å². The highest BCUT2D eigenvalue weighted by Gasteiger charge is 2.47. The van der Waals surface area contributed by atoms with Crippen LogP contribution in [0.2, 0.25) is 0 Å². The fourth-order valence-corrected chi connectivity index (χ4v) is 5.73. The number of carboxylic acid groups (broad SMARTS) is 1. The molecule has 1 aliphatic rings. The van der Waals surface area contributed by atoms with E-state index in [0.717, 1.165) is 5.56 Å². The molecule has 0 fully saturated rings. The number of aromatic nitrogens is 5. The molecule has 5 N–H and O–H groups in total. The van der Waals surface area contributed by atoms with E-state index in [4.69, 9.17) is 10.8 Å². The highest BCUT2D eigenvalue weighted by atomic mass is 19.1. The molecule has 0 radical (unpaired) electrons. The molecule has 0 aliphatic carbocycles. The van der Waals surface area contributed by atoms with Gasteiger partial charge in [0.25, 0.3) is 0 Å². The summed E-state index contributed by atoms with van der Waals surface area (Å²) in [7, 11) is 0. The van der Waals surface area contributed by atoms with Crippen LogP contribution in [0.5, 0.6) is 0 Å². The first kappa shape index (κ1) is 30.3. The largest absolute Gasteiger partial charge is 0.480 e. The molecule has 1 aliphatic heterocycles. The van der Waals surface area contributed by atoms with Gasteiger partial charge in [0.1, 0.15) is 34.6 Å². The second-order valence-electron chi connectivity index (χ2n) is 11.3. The Morgan fingerprint density at radius 2 is 1.87 bits per heavy atom. The molecule has 0 saturated heterocycles. The number of pyridine rings is 1. The van der Waals surface area contributed by atoms with Crippen LogP contribution in [0, 0.1) is 5.82 Å². The summed E-state index contributed by atoms with van der Waals surface area (Å²) in [5, 5.41) is 19.9. The van der Waals surface area contributed by atoms with Gasteiger partial charge in [0, 0.05) is 18.2 Å². The molecule has 0 bridgehead atoms. The Hall–Kier alpha value is -5.72. The summed E-state index contributed by atoms with van der Waals surface area (Å²) in [6.07, 6.45) is 2.42. The van der Waals surface area contributed by atoms with Crippen LogP contribution in [-0.4, -0.2) is 53.7 Å². The van der Waals surface area contributed by atoms with Gasteiger partial charge in [0.15, 0.2) is 11.5 Å². The Labute approximate surface area is 262 Å². The van der Waals surface area contributed by atoms with Gasteiger partial charge in [-0.1, -0.05) is 49.4 Å². The first-order valence-electron chi connectivity index (χ1n) is 14.8. The van der Waals surface area contributed by atoms with E-state index in [1.807, 2.05) is 18.2 Å². The van der Waals surface area contributed by atoms with Crippen molar-refractivity contribution in [1.82, 2.24) is 30.0 Å². The van der Waals surface area contributed by atoms with Crippen molar-refractivity contribution in [3.8, 4) is 11.5 Å². The number of hydrogen-bond acceptors (Lipinski definition) is 8. The smallest absolute Gasteiger partial charge is 0.326 e. The van der Waals surface area contributed by atoms with Gasteiger partial charge in [-0.2, -0.15) is 5.10 Å². The lowest BCUT2D eigenvalue weighted by atomic mass is 9.77. The first-order chi connectivity index (χ1) is 22.1. The van der Waals surface area contributed by atoms with Crippen molar-refractivity contribution in [3.63, 3.8) is 0 Å². The van der Waals surface area contributed by atoms with E-state index < -0.39 is 17.4 Å². The third kappa shape index (κ3) is 5.40. The summed E-state index contributed by atoms with van der Waals surface area (Å²) in [6.45, 7) is 3.57. The quantitative estimate of drug-likeness (QED) is 0.180. The van der Waals surface area contributed by atoms with Crippen LogP contribution in [-0.2, 0) is 32.8 Å². The number of halogens is 1. The lowest BCUT2D eigenvalue weighted by Gasteiger charge is -2.23. The van der Waals surface area contributed by atoms with Gasteiger partial charge < -0.3 is 21.5 Å². The van der Waals surface area contributed by atoms with Crippen LogP contribution >= 0.6 is 0 Å². The molecule has 13 heteroatoms. The second kappa shape index (κ2) is 12.0. The number of hydrogen-bond donors (Lipinski definition) is 4. The molecule has 5 aromatic rings. The van der Waals surface area contributed by atoms with Crippen molar-refractivity contribution in [2.24, 2.45) is 0 Å². The number of nitrogens with one attached hydrogen (secondary N) is 2. The predicted molar refractivity (Wildman–Crippen MR) is 168 cm³/mol. The van der Waals surface area contributed by atoms with Crippen molar-refractivity contribution >= 4 is 40.5 Å². The number of benzene rings is 2. The molecule has 3 aromatic heterocycles. The van der Waals surface area contributed by atoms with Gasteiger partial charge in [-0.25, -0.2) is 28.8 Å². The summed E-state index contributed by atoms with van der Waals surface area (Å²) >= 11 is 0. The number of anilines is 2. The van der Waals surface area contributed by atoms with E-state index in [-0.39, 0.29) is 48.1 Å². The Morgan fingerprint density at radius 1 is 1.11 bits per heavy atom. The molecule has 46 heavy (non-hydrogen) atoms. The number of aliphatic carboxylic acids is 1. The molecule has 4 heterocycles. The third-order valence-electron chi connectivity index (χ3n) is 8.33. The van der Waals surface area contributed by atoms with Crippen molar-refractivity contribution < 1.29 is 23.9 Å². The first-order valence-corrected chi connectivity index (χ1v) is 14.8. The van der Waals surface area contributed by atoms with Gasteiger partial charge in [-0.15, -0.1) is 0 Å². The van der Waals surface area contributed by atoms with Crippen LogP contribution in [0.15, 0.2) is 66.9 Å². The summed E-state index contributed by atoms with van der Waals surface area (Å²) in [4.78, 5) is 50.6. The van der Waals surface area contributed by atoms with Gasteiger partial charge >= 0.3 is 5.97 Å². The van der Waals surface area contributed by atoms with E-state index in [2.05, 4.69) is 30.7 Å². The van der Waals surface area contributed by atoms with E-state index in [9.17, 15) is 18.8 Å². The Balaban J connectivity index is 1.28. The van der Waals surface area contributed by atoms with Crippen molar-refractivity contribution in [2.45, 2.75) is 51.1 Å². The minimum Gasteiger partial charge on any atom is -0.480 e. The van der Waals surface area contributed by atoms with E-state index in [1.165, 1.54) is 6.07 Å². The van der Waals surface area contributed by atoms with Gasteiger partial charge in [0.2, 0.25) is 11.8 Å². The summed E-state index contributed by atoms with van der Waals surface area (Å²) < 4.78 is 16.0. The number of carboxylic acids is 1. The SMILES string of the molecule is CCC(NC(=O)CCc1ccc([C@]2(C)C(=O)Nc3nc(-c4nn(Cc5ccccc5F)c5ncccc45)nc(N)c32)cc1)C(=O)O. The Kier molecular flexibility index (Phi) is 7.90. The van der Waals surface area contributed by atoms with Crippen LogP contribution < -0.4 is 16.4 Å². The number of nitrogen functional groups attached to an aromatic ring is 1. The number of fused-ring (bicyclic) bond motifs is 2. The lowest BCUT2D eigenvalue weighted by molar-refractivity contribution is -0.141. The number of carbonyl (C=O) groups excluding carboxylic acids is 2. The summed E-state index contributed by atoms with van der Waals surface area (Å²) in [5.74, 6) is -1.55. The highest BCUT2D eigenvalue weighted by molar-refractivity contribution is 6.09. The number of rotatable bonds is 10. The minimum atomic E-state index is -1.20. The van der Waals surface area contributed by atoms with E-state index >= 15 is 0 Å². The molecular formula is C33H31FN8O4. The Morgan fingerprint density at radius 3 is 2.59 bits per heavy atom. The van der Waals surface area contributed by atoms with Crippen LogP contribution in [0.1, 0.15) is 48.9 Å². The molecule has 234 valence electrons. The van der Waals surface area contributed by atoms with E-state index in [0.29, 0.717) is 46.3 Å². The summed E-state index contributed by atoms with van der Waals surface area (Å²) in [6, 6.07) is 16.3. The van der Waals surface area contributed by atoms with Gasteiger partial charge in [-0.05, 0) is 49.1 Å². The Bertz CT molecular complexity index is 1990. The molecule has 0 saturated carbocycles. The predicted octanol–water partition coefficient (Wildman–Crippen LogP) is 3.83. The molecular weight excluding hydrogens is 591 g/mol. The maximum Gasteiger partial charge on any atom is 0.326 e. The van der Waals surface area contributed by atoms with Crippen molar-refractivity contribution in [3.05, 3.63) is 94.9 Å². The molecule has 6 rings (SSSR count). The minimum absolute atomic E-state index is 0.103. The molecule has 2 atom stereocenters. The lowest BCUT2D eigenvalue weighted by Crippen LogP contribution is -2.40. The maximum absolute atomic E-state index is 14.5. The zero-order chi connectivity index (χ0) is 32.6. The zero-order valence-corrected chi connectivity index (χ0v) is 25.1. The molecule has 12 nitrogen and oxygen atoms in total. The van der Waals surface area contributed by atoms with Gasteiger partial charge in [-0.3, -0.25) is 9.59 Å². The normalized spacial score (nSPS) is 16.2. The third-order valence-corrected chi connectivity index (χ3v) is 8.33. The number of carbonyl (C=O) groups is 3. The second-order valence-corrected chi connectivity index (χ2v) is 11.3. The fourth-order valence-electron chi connectivity index (χ4n) is 5.73. The number of nitrogens with zero attached hydrogens (tertiary/aromatic N) is 5. The highest BCUT2D eigenvalue weighted by Crippen LogP contribution is 2.45.